The van der Waals surface area contributed by atoms with Gasteiger partial charge in [0.2, 0.25) is 12.0 Å². The van der Waals surface area contributed by atoms with Crippen molar-refractivity contribution < 1.29 is 127 Å². The summed E-state index contributed by atoms with van der Waals surface area (Å²) in [6.45, 7) is 0. The molecule has 4 aliphatic heterocycles. The maximum atomic E-state index is 12.1. The molecule has 0 aromatic heterocycles. The second-order valence-electron chi connectivity index (χ2n) is 12.3. The van der Waals surface area contributed by atoms with Crippen molar-refractivity contribution in [2.24, 2.45) is 0 Å². The molecule has 9 unspecified atom stereocenters. The van der Waals surface area contributed by atoms with Crippen molar-refractivity contribution in [1.29, 1.82) is 0 Å². The molecule has 3 fully saturated rings. The van der Waals surface area contributed by atoms with E-state index >= 15 is 0 Å². The van der Waals surface area contributed by atoms with Crippen LogP contribution in [0.25, 0.3) is 0 Å². The summed E-state index contributed by atoms with van der Waals surface area (Å²) in [7, 11) is 9.39. The molecule has 4 aliphatic rings. The largest absolute Gasteiger partial charge is 0.467 e. The van der Waals surface area contributed by atoms with Crippen molar-refractivity contribution >= 4 is 23.9 Å². The van der Waals surface area contributed by atoms with Crippen molar-refractivity contribution in [1.82, 2.24) is 0 Å². The third-order valence-electron chi connectivity index (χ3n) is 8.83. The molecule has 0 aromatic rings. The van der Waals surface area contributed by atoms with Crippen LogP contribution in [0.3, 0.4) is 0 Å². The Labute approximate surface area is 330 Å². The molecule has 4 rings (SSSR count). The number of ether oxygens (including phenoxy) is 13. The Kier molecular flexibility index (Phi) is 20.6. The van der Waals surface area contributed by atoms with Crippen molar-refractivity contribution in [3.8, 4) is 0 Å². The molecular weight excluding hydrogens is 800 g/mol. The normalized spacial score (nSPS) is 39.8. The Balaban J connectivity index is 0.000000335. The lowest BCUT2D eigenvalue weighted by molar-refractivity contribution is -0.349. The lowest BCUT2D eigenvalue weighted by atomic mass is 9.96. The molecule has 0 radical (unpaired) electrons. The first-order valence-corrected chi connectivity index (χ1v) is 16.9. The van der Waals surface area contributed by atoms with E-state index in [4.69, 9.17) is 42.6 Å². The highest BCUT2D eigenvalue weighted by molar-refractivity contribution is 5.86. The molecule has 58 heavy (non-hydrogen) atoms. The molecule has 0 saturated carbocycles. The lowest BCUT2D eigenvalue weighted by Gasteiger charge is -2.45. The predicted octanol–water partition coefficient (Wildman–Crippen LogP) is -7.35. The Morgan fingerprint density at radius 3 is 1.33 bits per heavy atom. The first-order chi connectivity index (χ1) is 27.3. The van der Waals surface area contributed by atoms with E-state index in [1.165, 1.54) is 35.5 Å². The highest BCUT2D eigenvalue weighted by Crippen LogP contribution is 2.31. The van der Waals surface area contributed by atoms with Crippen LogP contribution < -0.4 is 0 Å². The second kappa shape index (κ2) is 23.5. The molecule has 0 aromatic carbocycles. The SMILES string of the molecule is COC(=O)C1=C[C@@H](O)[C@H](O)C(OC)O1.COC(=O)C1OC(OC)[C@@H](O)[C@H](O)[C@H]1OC1O[C@@H](C(=O)OC)[C@H](OC)C(O)C1O.COC(=O)[C@@H]1OC(O)C(O)C(O)[C@H]1OC. The van der Waals surface area contributed by atoms with E-state index in [0.29, 0.717) is 0 Å². The summed E-state index contributed by atoms with van der Waals surface area (Å²) in [5.41, 5.74) is 0. The maximum Gasteiger partial charge on any atom is 0.373 e. The molecule has 0 bridgehead atoms. The summed E-state index contributed by atoms with van der Waals surface area (Å²) in [6, 6.07) is 0. The van der Waals surface area contributed by atoms with E-state index in [1.54, 1.807) is 0 Å². The van der Waals surface area contributed by atoms with E-state index in [0.717, 1.165) is 27.4 Å². The van der Waals surface area contributed by atoms with Crippen LogP contribution in [0.4, 0.5) is 0 Å². The van der Waals surface area contributed by atoms with Gasteiger partial charge in [0.05, 0.1) is 28.4 Å². The van der Waals surface area contributed by atoms with Crippen LogP contribution >= 0.6 is 0 Å². The molecule has 9 N–H and O–H groups in total. The van der Waals surface area contributed by atoms with Crippen LogP contribution in [0.15, 0.2) is 11.8 Å². The van der Waals surface area contributed by atoms with Gasteiger partial charge in [-0.25, -0.2) is 19.2 Å². The first kappa shape index (κ1) is 50.9. The molecule has 0 aliphatic carbocycles. The summed E-state index contributed by atoms with van der Waals surface area (Å²) < 4.78 is 63.2. The number of aliphatic hydroxyl groups is 9. The smallest absolute Gasteiger partial charge is 0.373 e. The number of rotatable bonds is 10. The molecule has 26 heteroatoms. The van der Waals surface area contributed by atoms with Crippen LogP contribution in [0.5, 0.6) is 0 Å². The fourth-order valence-corrected chi connectivity index (χ4v) is 5.63. The minimum absolute atomic E-state index is 0.169. The number of methoxy groups -OCH3 is 8. The van der Waals surface area contributed by atoms with Crippen LogP contribution in [-0.2, 0) is 80.8 Å². The topological polar surface area (TPSA) is 370 Å². The second-order valence-corrected chi connectivity index (χ2v) is 12.3. The van der Waals surface area contributed by atoms with Gasteiger partial charge in [-0.3, -0.25) is 0 Å². The van der Waals surface area contributed by atoms with Gasteiger partial charge < -0.3 is 108 Å². The van der Waals surface area contributed by atoms with E-state index in [1.807, 2.05) is 0 Å². The summed E-state index contributed by atoms with van der Waals surface area (Å²) in [5, 5.41) is 87.7. The summed E-state index contributed by atoms with van der Waals surface area (Å²) in [5.74, 6) is -3.56. The molecule has 4 heterocycles. The zero-order valence-electron chi connectivity index (χ0n) is 32.4. The number of carbonyl (C=O) groups is 4. The van der Waals surface area contributed by atoms with Crippen LogP contribution in [0.2, 0.25) is 0 Å². The fourth-order valence-electron chi connectivity index (χ4n) is 5.63. The standard InChI is InChI=1S/C16H26O13.C8H14O7.C8H12O6/c1-23-9-5(17)8(20)16(29-11(9)13(21)24-2)27-10-6(18)7(19)15(26-4)28-12(10)14(22)25-3;1-13-5-3(9)4(10)7(11)15-6(5)8(12)14-2;1-12-7(11)5-3-4(9)6(10)8(13-2)14-5/h5-12,15-20H,1-4H3;3-7,9-11H,1-2H3;3-4,6,8-10H,1-2H3/t5?,6-,7-,8?,9+,10+,11+,12?,15?,16?;3?,4?,5-,6-,7?;4-,6+,8?/m011/s1. The number of hydrogen-bond acceptors (Lipinski definition) is 26. The number of hydrogen-bond donors (Lipinski definition) is 9. The van der Waals surface area contributed by atoms with Crippen molar-refractivity contribution in [2.45, 2.75) is 111 Å². The third-order valence-corrected chi connectivity index (χ3v) is 8.83. The quantitative estimate of drug-likeness (QED) is 0.0728. The monoisotopic (exact) mass is 852 g/mol. The van der Waals surface area contributed by atoms with Gasteiger partial charge in [0.1, 0.15) is 67.1 Å². The van der Waals surface area contributed by atoms with Gasteiger partial charge in [0.25, 0.3) is 0 Å². The molecule has 18 atom stereocenters. The average Bonchev–Trinajstić information content (AvgIpc) is 3.23. The number of esters is 4. The van der Waals surface area contributed by atoms with E-state index in [2.05, 4.69) is 18.9 Å². The summed E-state index contributed by atoms with van der Waals surface area (Å²) in [4.78, 5) is 46.3. The predicted molar refractivity (Wildman–Crippen MR) is 178 cm³/mol. The highest BCUT2D eigenvalue weighted by Gasteiger charge is 2.55. The summed E-state index contributed by atoms with van der Waals surface area (Å²) in [6.07, 6.45) is -25.1. The van der Waals surface area contributed by atoms with Gasteiger partial charge in [0.15, 0.2) is 37.2 Å². The minimum atomic E-state index is -1.75. The number of carbonyl (C=O) groups excluding carboxylic acids is 4. The average molecular weight is 853 g/mol. The molecule has 0 amide bonds. The van der Waals surface area contributed by atoms with Crippen molar-refractivity contribution in [3.63, 3.8) is 0 Å². The zero-order chi connectivity index (χ0) is 44.2. The molecule has 3 saturated heterocycles. The van der Waals surface area contributed by atoms with Gasteiger partial charge in [0, 0.05) is 28.4 Å². The molecular formula is C32H52O26. The van der Waals surface area contributed by atoms with Gasteiger partial charge in [-0.2, -0.15) is 0 Å². The fraction of sp³-hybridized carbons (Fsp3) is 0.812. The molecule has 0 spiro atoms. The van der Waals surface area contributed by atoms with Crippen molar-refractivity contribution in [3.05, 3.63) is 11.8 Å². The molecule has 336 valence electrons. The Bertz CT molecular complexity index is 1350. The van der Waals surface area contributed by atoms with Crippen molar-refractivity contribution in [2.75, 3.05) is 56.9 Å². The van der Waals surface area contributed by atoms with Gasteiger partial charge in [-0.1, -0.05) is 0 Å². The van der Waals surface area contributed by atoms with Gasteiger partial charge in [-0.05, 0) is 6.08 Å². The van der Waals surface area contributed by atoms with Crippen LogP contribution in [-0.4, -0.2) is 237 Å². The van der Waals surface area contributed by atoms with Gasteiger partial charge in [-0.15, -0.1) is 0 Å². The van der Waals surface area contributed by atoms with E-state index < -0.39 is 134 Å². The first-order valence-electron chi connectivity index (χ1n) is 16.9. The lowest BCUT2D eigenvalue weighted by Crippen LogP contribution is -2.66. The van der Waals surface area contributed by atoms with E-state index in [-0.39, 0.29) is 5.76 Å². The van der Waals surface area contributed by atoms with Crippen LogP contribution in [0, 0.1) is 0 Å². The van der Waals surface area contributed by atoms with Gasteiger partial charge >= 0.3 is 23.9 Å². The number of aliphatic hydroxyl groups excluding tert-OH is 9. The zero-order valence-corrected chi connectivity index (χ0v) is 32.4. The Hall–Kier alpha value is -3.26. The maximum absolute atomic E-state index is 12.1. The summed E-state index contributed by atoms with van der Waals surface area (Å²) >= 11 is 0. The highest BCUT2D eigenvalue weighted by atomic mass is 16.8. The van der Waals surface area contributed by atoms with Crippen LogP contribution in [0.1, 0.15) is 0 Å². The molecule has 26 nitrogen and oxygen atoms in total. The minimum Gasteiger partial charge on any atom is -0.467 e. The Morgan fingerprint density at radius 1 is 0.466 bits per heavy atom. The van der Waals surface area contributed by atoms with E-state index in [9.17, 15) is 65.1 Å². The third kappa shape index (κ3) is 11.9. The Morgan fingerprint density at radius 2 is 0.879 bits per heavy atom.